The molecular formula is C21H27N3O4. The van der Waals surface area contributed by atoms with Crippen LogP contribution in [0.25, 0.3) is 0 Å². The Morgan fingerprint density at radius 1 is 0.929 bits per heavy atom. The number of carbonyl (C=O) groups is 2. The predicted octanol–water partition coefficient (Wildman–Crippen LogP) is 2.23. The zero-order valence-corrected chi connectivity index (χ0v) is 16.8. The van der Waals surface area contributed by atoms with Crippen LogP contribution in [0, 0.1) is 0 Å². The van der Waals surface area contributed by atoms with E-state index in [0.29, 0.717) is 18.0 Å². The molecule has 0 saturated carbocycles. The molecule has 2 rings (SSSR count). The van der Waals surface area contributed by atoms with Crippen LogP contribution >= 0.6 is 0 Å². The number of benzene rings is 2. The van der Waals surface area contributed by atoms with Gasteiger partial charge in [0, 0.05) is 25.3 Å². The van der Waals surface area contributed by atoms with Crippen LogP contribution in [-0.2, 0) is 16.1 Å². The van der Waals surface area contributed by atoms with Gasteiger partial charge in [0.1, 0.15) is 11.5 Å². The summed E-state index contributed by atoms with van der Waals surface area (Å²) in [6, 6.07) is 14.7. The van der Waals surface area contributed by atoms with Crippen LogP contribution in [-0.4, -0.2) is 63.0 Å². The molecule has 0 aliphatic rings. The molecule has 28 heavy (non-hydrogen) atoms. The van der Waals surface area contributed by atoms with Gasteiger partial charge >= 0.3 is 0 Å². The molecule has 0 atom stereocenters. The Bertz CT molecular complexity index is 810. The van der Waals surface area contributed by atoms with Crippen molar-refractivity contribution in [1.82, 2.24) is 9.80 Å². The van der Waals surface area contributed by atoms with E-state index in [1.807, 2.05) is 24.3 Å². The lowest BCUT2D eigenvalue weighted by atomic mass is 10.2. The van der Waals surface area contributed by atoms with E-state index < -0.39 is 0 Å². The van der Waals surface area contributed by atoms with E-state index in [9.17, 15) is 9.59 Å². The van der Waals surface area contributed by atoms with Gasteiger partial charge in [0.05, 0.1) is 27.3 Å². The van der Waals surface area contributed by atoms with Crippen molar-refractivity contribution in [2.75, 3.05) is 46.7 Å². The van der Waals surface area contributed by atoms with Crippen molar-refractivity contribution in [1.29, 1.82) is 0 Å². The first kappa shape index (κ1) is 21.2. The molecular weight excluding hydrogens is 358 g/mol. The number of nitrogens with one attached hydrogen (secondary N) is 1. The molecule has 1 N–H and O–H groups in total. The van der Waals surface area contributed by atoms with E-state index in [1.165, 1.54) is 0 Å². The summed E-state index contributed by atoms with van der Waals surface area (Å²) in [4.78, 5) is 28.0. The third-order valence-electron chi connectivity index (χ3n) is 4.15. The zero-order chi connectivity index (χ0) is 20.5. The van der Waals surface area contributed by atoms with Gasteiger partial charge in [-0.05, 0) is 36.9 Å². The van der Waals surface area contributed by atoms with Crippen molar-refractivity contribution in [2.45, 2.75) is 6.54 Å². The van der Waals surface area contributed by atoms with Crippen molar-refractivity contribution in [2.24, 2.45) is 0 Å². The Balaban J connectivity index is 1.82. The van der Waals surface area contributed by atoms with Crippen LogP contribution in [0.5, 0.6) is 11.5 Å². The third kappa shape index (κ3) is 6.59. The highest BCUT2D eigenvalue weighted by Crippen LogP contribution is 2.16. The number of methoxy groups -OCH3 is 2. The maximum Gasteiger partial charge on any atom is 0.238 e. The van der Waals surface area contributed by atoms with Gasteiger partial charge in [0.2, 0.25) is 11.8 Å². The van der Waals surface area contributed by atoms with Crippen LogP contribution in [0.15, 0.2) is 48.5 Å². The van der Waals surface area contributed by atoms with E-state index >= 15 is 0 Å². The van der Waals surface area contributed by atoms with Gasteiger partial charge in [-0.1, -0.05) is 18.2 Å². The van der Waals surface area contributed by atoms with E-state index in [1.54, 1.807) is 62.4 Å². The Hall–Kier alpha value is -3.06. The van der Waals surface area contributed by atoms with Crippen molar-refractivity contribution in [3.63, 3.8) is 0 Å². The van der Waals surface area contributed by atoms with E-state index in [0.717, 1.165) is 11.3 Å². The average molecular weight is 385 g/mol. The van der Waals surface area contributed by atoms with Gasteiger partial charge in [-0.25, -0.2) is 0 Å². The van der Waals surface area contributed by atoms with E-state index in [2.05, 4.69) is 5.32 Å². The maximum absolute atomic E-state index is 12.4. The van der Waals surface area contributed by atoms with Crippen LogP contribution in [0.2, 0.25) is 0 Å². The predicted molar refractivity (Wildman–Crippen MR) is 109 cm³/mol. The lowest BCUT2D eigenvalue weighted by Crippen LogP contribution is -2.39. The highest BCUT2D eigenvalue weighted by atomic mass is 16.5. The molecule has 2 aromatic rings. The molecule has 2 amide bonds. The largest absolute Gasteiger partial charge is 0.497 e. The lowest BCUT2D eigenvalue weighted by Gasteiger charge is -2.22. The molecule has 0 aliphatic carbocycles. The average Bonchev–Trinajstić information content (AvgIpc) is 2.67. The second kappa shape index (κ2) is 10.3. The van der Waals surface area contributed by atoms with Crippen molar-refractivity contribution < 1.29 is 19.1 Å². The zero-order valence-electron chi connectivity index (χ0n) is 16.8. The van der Waals surface area contributed by atoms with E-state index in [4.69, 9.17) is 9.47 Å². The highest BCUT2D eigenvalue weighted by molar-refractivity contribution is 5.92. The minimum Gasteiger partial charge on any atom is -0.497 e. The lowest BCUT2D eigenvalue weighted by molar-refractivity contribution is -0.131. The molecule has 0 aliphatic heterocycles. The first-order chi connectivity index (χ1) is 13.4. The number of anilines is 1. The number of carbonyl (C=O) groups excluding carboxylic acids is 2. The molecule has 2 aromatic carbocycles. The molecule has 0 fully saturated rings. The van der Waals surface area contributed by atoms with Gasteiger partial charge in [-0.2, -0.15) is 0 Å². The summed E-state index contributed by atoms with van der Waals surface area (Å²) >= 11 is 0. The quantitative estimate of drug-likeness (QED) is 0.717. The van der Waals surface area contributed by atoms with Crippen molar-refractivity contribution >= 4 is 17.5 Å². The Kier molecular flexibility index (Phi) is 7.83. The fourth-order valence-electron chi connectivity index (χ4n) is 2.69. The summed E-state index contributed by atoms with van der Waals surface area (Å²) in [6.45, 7) is 0.724. The van der Waals surface area contributed by atoms with Crippen molar-refractivity contribution in [3.8, 4) is 11.5 Å². The van der Waals surface area contributed by atoms with Crippen LogP contribution in [0.4, 0.5) is 5.69 Å². The summed E-state index contributed by atoms with van der Waals surface area (Å²) in [5.74, 6) is 1.16. The van der Waals surface area contributed by atoms with Crippen LogP contribution in [0.1, 0.15) is 5.56 Å². The first-order valence-corrected chi connectivity index (χ1v) is 8.90. The molecule has 150 valence electrons. The van der Waals surface area contributed by atoms with Crippen LogP contribution < -0.4 is 14.8 Å². The van der Waals surface area contributed by atoms with Crippen LogP contribution in [0.3, 0.4) is 0 Å². The smallest absolute Gasteiger partial charge is 0.238 e. The minimum atomic E-state index is -0.195. The Labute approximate surface area is 165 Å². The summed E-state index contributed by atoms with van der Waals surface area (Å²) in [5, 5.41) is 2.80. The first-order valence-electron chi connectivity index (χ1n) is 8.90. The molecule has 0 spiro atoms. The van der Waals surface area contributed by atoms with Gasteiger partial charge in [-0.3, -0.25) is 14.5 Å². The molecule has 0 radical (unpaired) electrons. The maximum atomic E-state index is 12.4. The number of rotatable bonds is 9. The number of nitrogens with zero attached hydrogens (tertiary/aromatic N) is 2. The minimum absolute atomic E-state index is 0.0699. The fraction of sp³-hybridized carbons (Fsp3) is 0.333. The topological polar surface area (TPSA) is 71.1 Å². The molecule has 0 aromatic heterocycles. The molecule has 0 heterocycles. The summed E-state index contributed by atoms with van der Waals surface area (Å²) in [6.07, 6.45) is 0. The molecule has 7 nitrogen and oxygen atoms in total. The van der Waals surface area contributed by atoms with Gasteiger partial charge in [0.15, 0.2) is 0 Å². The standard InChI is InChI=1S/C21H27N3O4/c1-23(14-20(25)22-17-8-6-10-19(12-17)28-4)15-21(26)24(2)13-16-7-5-9-18(11-16)27-3/h5-12H,13-15H2,1-4H3,(H,22,25). The molecule has 0 bridgehead atoms. The van der Waals surface area contributed by atoms with Gasteiger partial charge < -0.3 is 19.7 Å². The fourth-order valence-corrected chi connectivity index (χ4v) is 2.69. The Morgan fingerprint density at radius 3 is 2.25 bits per heavy atom. The normalized spacial score (nSPS) is 10.5. The number of amides is 2. The number of likely N-dealkylation sites (N-methyl/N-ethyl adjacent to an activating group) is 2. The molecule has 0 unspecified atom stereocenters. The SMILES string of the molecule is COc1cccc(CN(C)C(=O)CN(C)CC(=O)Nc2cccc(OC)c2)c1. The molecule has 0 saturated heterocycles. The second-order valence-electron chi connectivity index (χ2n) is 6.55. The van der Waals surface area contributed by atoms with Gasteiger partial charge in [0.25, 0.3) is 0 Å². The Morgan fingerprint density at radius 2 is 1.57 bits per heavy atom. The van der Waals surface area contributed by atoms with Crippen molar-refractivity contribution in [3.05, 3.63) is 54.1 Å². The van der Waals surface area contributed by atoms with Gasteiger partial charge in [-0.15, -0.1) is 0 Å². The summed E-state index contributed by atoms with van der Waals surface area (Å²) in [5.41, 5.74) is 1.63. The number of hydrogen-bond acceptors (Lipinski definition) is 5. The van der Waals surface area contributed by atoms with E-state index in [-0.39, 0.29) is 24.9 Å². The summed E-state index contributed by atoms with van der Waals surface area (Å²) in [7, 11) is 6.66. The number of hydrogen-bond donors (Lipinski definition) is 1. The third-order valence-corrected chi connectivity index (χ3v) is 4.15. The number of ether oxygens (including phenoxy) is 2. The monoisotopic (exact) mass is 385 g/mol. The second-order valence-corrected chi connectivity index (χ2v) is 6.55. The molecule has 7 heteroatoms. The summed E-state index contributed by atoms with van der Waals surface area (Å²) < 4.78 is 10.3. The highest BCUT2D eigenvalue weighted by Gasteiger charge is 2.15.